The van der Waals surface area contributed by atoms with E-state index >= 15 is 0 Å². The first kappa shape index (κ1) is 26.9. The van der Waals surface area contributed by atoms with Crippen molar-refractivity contribution < 1.29 is 33.1 Å². The highest BCUT2D eigenvalue weighted by Crippen LogP contribution is 2.27. The van der Waals surface area contributed by atoms with Gasteiger partial charge in [0, 0.05) is 18.2 Å². The van der Waals surface area contributed by atoms with Crippen LogP contribution in [0.2, 0.25) is 0 Å². The van der Waals surface area contributed by atoms with Crippen LogP contribution in [0.5, 0.6) is 0 Å². The van der Waals surface area contributed by atoms with Crippen LogP contribution in [0.15, 0.2) is 24.3 Å². The number of fused-ring (bicyclic) bond motifs is 1. The Morgan fingerprint density at radius 1 is 1.06 bits per heavy atom. The molecule has 33 heavy (non-hydrogen) atoms. The fourth-order valence-corrected chi connectivity index (χ4v) is 4.62. The SMILES string of the molecule is CCOC(=S)SC(CCC(=O)OCCCC(=O)[N+](C)(C)C)CN1C(=O)c2ccccc2C1=O. The smallest absolute Gasteiger partial charge is 0.313 e. The number of carbonyl (C=O) groups is 4. The molecule has 180 valence electrons. The molecule has 8 nitrogen and oxygen atoms in total. The molecule has 1 heterocycles. The third-order valence-electron chi connectivity index (χ3n) is 5.01. The monoisotopic (exact) mass is 495 g/mol. The van der Waals surface area contributed by atoms with Crippen molar-refractivity contribution in [2.45, 2.75) is 37.9 Å². The zero-order chi connectivity index (χ0) is 24.6. The molecule has 1 aromatic carbocycles. The van der Waals surface area contributed by atoms with Gasteiger partial charge in [0.1, 0.15) is 0 Å². The molecule has 10 heteroatoms. The maximum atomic E-state index is 12.7. The van der Waals surface area contributed by atoms with Crippen LogP contribution in [0.25, 0.3) is 0 Å². The summed E-state index contributed by atoms with van der Waals surface area (Å²) in [6, 6.07) is 6.69. The summed E-state index contributed by atoms with van der Waals surface area (Å²) in [5.41, 5.74) is 0.753. The molecule has 1 aliphatic heterocycles. The third-order valence-corrected chi connectivity index (χ3v) is 6.44. The number of ether oxygens (including phenoxy) is 2. The molecule has 0 fully saturated rings. The van der Waals surface area contributed by atoms with Gasteiger partial charge in [-0.25, -0.2) is 4.79 Å². The van der Waals surface area contributed by atoms with E-state index in [9.17, 15) is 19.2 Å². The van der Waals surface area contributed by atoms with Gasteiger partial charge in [-0.05, 0) is 44.1 Å². The number of quaternary nitrogens is 1. The van der Waals surface area contributed by atoms with Gasteiger partial charge in [-0.1, -0.05) is 23.9 Å². The van der Waals surface area contributed by atoms with Crippen LogP contribution in [-0.2, 0) is 19.1 Å². The van der Waals surface area contributed by atoms with Crippen LogP contribution < -0.4 is 0 Å². The first-order valence-electron chi connectivity index (χ1n) is 10.8. The Labute approximate surface area is 204 Å². The van der Waals surface area contributed by atoms with E-state index in [2.05, 4.69) is 0 Å². The van der Waals surface area contributed by atoms with E-state index in [1.807, 2.05) is 6.92 Å². The zero-order valence-electron chi connectivity index (χ0n) is 19.5. The minimum atomic E-state index is -0.400. The highest BCUT2D eigenvalue weighted by molar-refractivity contribution is 8.23. The van der Waals surface area contributed by atoms with Crippen LogP contribution in [0.1, 0.15) is 53.3 Å². The lowest BCUT2D eigenvalue weighted by Crippen LogP contribution is -2.41. The van der Waals surface area contributed by atoms with Crippen molar-refractivity contribution in [3.63, 3.8) is 0 Å². The predicted molar refractivity (Wildman–Crippen MR) is 130 cm³/mol. The van der Waals surface area contributed by atoms with E-state index in [0.717, 1.165) is 0 Å². The molecule has 1 aliphatic rings. The fraction of sp³-hybridized carbons (Fsp3) is 0.522. The van der Waals surface area contributed by atoms with Gasteiger partial charge in [0.05, 0.1) is 51.9 Å². The van der Waals surface area contributed by atoms with Gasteiger partial charge in [0.15, 0.2) is 0 Å². The number of hydrogen-bond donors (Lipinski definition) is 0. The molecule has 0 aliphatic carbocycles. The van der Waals surface area contributed by atoms with Gasteiger partial charge in [-0.3, -0.25) is 23.8 Å². The molecule has 2 rings (SSSR count). The van der Waals surface area contributed by atoms with E-state index in [1.165, 1.54) is 16.7 Å². The molecular formula is C23H31N2O6S2+. The van der Waals surface area contributed by atoms with Gasteiger partial charge in [-0.2, -0.15) is 0 Å². The van der Waals surface area contributed by atoms with Crippen LogP contribution in [-0.4, -0.2) is 83.6 Å². The summed E-state index contributed by atoms with van der Waals surface area (Å²) in [5, 5.41) is -0.321. The molecule has 1 unspecified atom stereocenters. The number of carbonyl (C=O) groups excluding carboxylic acids is 4. The Morgan fingerprint density at radius 3 is 2.21 bits per heavy atom. The van der Waals surface area contributed by atoms with E-state index in [-0.39, 0.29) is 47.0 Å². The Hall–Kier alpha value is -2.30. The number of imide groups is 1. The molecule has 3 amide bonds. The van der Waals surface area contributed by atoms with Crippen molar-refractivity contribution in [2.24, 2.45) is 0 Å². The lowest BCUT2D eigenvalue weighted by Gasteiger charge is -2.22. The number of thioether (sulfide) groups is 1. The molecule has 0 N–H and O–H groups in total. The fourth-order valence-electron chi connectivity index (χ4n) is 3.18. The average molecular weight is 496 g/mol. The Morgan fingerprint density at radius 2 is 1.67 bits per heavy atom. The lowest BCUT2D eigenvalue weighted by atomic mass is 10.1. The van der Waals surface area contributed by atoms with Gasteiger partial charge in [-0.15, -0.1) is 0 Å². The summed E-state index contributed by atoms with van der Waals surface area (Å²) in [6.07, 6.45) is 1.24. The maximum absolute atomic E-state index is 12.7. The average Bonchev–Trinajstić information content (AvgIpc) is 2.99. The van der Waals surface area contributed by atoms with Gasteiger partial charge in [0.25, 0.3) is 11.8 Å². The summed E-state index contributed by atoms with van der Waals surface area (Å²) in [7, 11) is 5.40. The van der Waals surface area contributed by atoms with Crippen molar-refractivity contribution in [1.29, 1.82) is 0 Å². The Balaban J connectivity index is 1.90. The summed E-state index contributed by atoms with van der Waals surface area (Å²) in [6.45, 7) is 2.49. The number of benzene rings is 1. The molecule has 0 saturated heterocycles. The number of rotatable bonds is 11. The van der Waals surface area contributed by atoms with Gasteiger partial charge in [0.2, 0.25) is 4.38 Å². The van der Waals surface area contributed by atoms with Crippen molar-refractivity contribution in [2.75, 3.05) is 40.9 Å². The summed E-state index contributed by atoms with van der Waals surface area (Å²) in [5.74, 6) is -1.04. The minimum absolute atomic E-state index is 0.0629. The maximum Gasteiger partial charge on any atom is 0.313 e. The Bertz CT molecular complexity index is 877. The second-order valence-corrected chi connectivity index (χ2v) is 10.4. The highest BCUT2D eigenvalue weighted by Gasteiger charge is 2.36. The van der Waals surface area contributed by atoms with Crippen LogP contribution in [0, 0.1) is 0 Å². The number of nitrogens with zero attached hydrogens (tertiary/aromatic N) is 2. The summed E-state index contributed by atoms with van der Waals surface area (Å²) in [4.78, 5) is 50.7. The summed E-state index contributed by atoms with van der Waals surface area (Å²) < 4.78 is 11.1. The van der Waals surface area contributed by atoms with Crippen LogP contribution in [0.4, 0.5) is 0 Å². The highest BCUT2D eigenvalue weighted by atomic mass is 32.2. The first-order valence-corrected chi connectivity index (χ1v) is 12.1. The molecule has 1 aromatic rings. The van der Waals surface area contributed by atoms with E-state index < -0.39 is 5.97 Å². The van der Waals surface area contributed by atoms with Gasteiger partial charge >= 0.3 is 11.9 Å². The standard InChI is InChI=1S/C23H31N2O6S2/c1-5-30-23(32)33-16(12-13-20(27)31-14-8-11-19(26)25(2,3)4)15-24-21(28)17-9-6-7-10-18(17)22(24)29/h6-7,9-10,16H,5,8,11-15H2,1-4H3/q+1. The van der Waals surface area contributed by atoms with Gasteiger partial charge < -0.3 is 9.47 Å². The molecular weight excluding hydrogens is 464 g/mol. The number of esters is 1. The van der Waals surface area contributed by atoms with Crippen molar-refractivity contribution in [3.05, 3.63) is 35.4 Å². The van der Waals surface area contributed by atoms with E-state index in [4.69, 9.17) is 21.7 Å². The van der Waals surface area contributed by atoms with E-state index in [1.54, 1.807) is 45.4 Å². The molecule has 0 bridgehead atoms. The third kappa shape index (κ3) is 7.90. The number of amides is 3. The molecule has 0 spiro atoms. The second kappa shape index (κ2) is 12.2. The largest absolute Gasteiger partial charge is 0.479 e. The summed E-state index contributed by atoms with van der Waals surface area (Å²) >= 11 is 6.45. The van der Waals surface area contributed by atoms with Crippen LogP contribution >= 0.6 is 24.0 Å². The number of hydrogen-bond acceptors (Lipinski definition) is 8. The topological polar surface area (TPSA) is 90.0 Å². The van der Waals surface area contributed by atoms with E-state index in [0.29, 0.717) is 41.4 Å². The van der Waals surface area contributed by atoms with Crippen molar-refractivity contribution in [3.8, 4) is 0 Å². The molecule has 0 saturated carbocycles. The lowest BCUT2D eigenvalue weighted by molar-refractivity contribution is -0.792. The van der Waals surface area contributed by atoms with Crippen molar-refractivity contribution >= 4 is 52.1 Å². The first-order chi connectivity index (χ1) is 15.5. The predicted octanol–water partition coefficient (Wildman–Crippen LogP) is 3.04. The quantitative estimate of drug-likeness (QED) is 0.152. The second-order valence-electron chi connectivity index (χ2n) is 8.46. The van der Waals surface area contributed by atoms with Crippen molar-refractivity contribution in [1.82, 2.24) is 4.90 Å². The molecule has 0 aromatic heterocycles. The Kier molecular flexibility index (Phi) is 10.00. The molecule has 0 radical (unpaired) electrons. The van der Waals surface area contributed by atoms with Crippen LogP contribution in [0.3, 0.4) is 0 Å². The minimum Gasteiger partial charge on any atom is -0.479 e. The molecule has 1 atom stereocenters. The zero-order valence-corrected chi connectivity index (χ0v) is 21.1. The number of thiocarbonyl (C=S) groups is 1. The normalized spacial score (nSPS) is 14.1.